The first-order valence-corrected chi connectivity index (χ1v) is 22.6. The van der Waals surface area contributed by atoms with Crippen molar-refractivity contribution in [1.82, 2.24) is 9.97 Å². The molecule has 0 unspecified atom stereocenters. The number of fused-ring (bicyclic) bond motifs is 4. The molecule has 4 fully saturated rings. The summed E-state index contributed by atoms with van der Waals surface area (Å²) in [7, 11) is 0. The lowest BCUT2D eigenvalue weighted by molar-refractivity contribution is -0.0398. The molecule has 1 heterocycles. The SMILES string of the molecule is c1ccc(-c2cccc(-c3cc(-c4cccc(-c5cccc(-c6cccc7c6-c6cc8ccccc8cc6C76C7CC8CC(C7)CC6C8)c5)c4)nc(-c4ccccc4)n3)c2)cc1. The molecule has 4 saturated carbocycles. The summed E-state index contributed by atoms with van der Waals surface area (Å²) in [6, 6.07) is 71.4. The molecule has 2 heteroatoms. The average molecular weight is 795 g/mol. The molecule has 1 aromatic heterocycles. The van der Waals surface area contributed by atoms with Crippen LogP contribution in [0.4, 0.5) is 0 Å². The molecular formula is C60H46N2. The molecule has 296 valence electrons. The highest BCUT2D eigenvalue weighted by Gasteiger charge is 2.61. The van der Waals surface area contributed by atoms with E-state index in [9.17, 15) is 0 Å². The monoisotopic (exact) mass is 794 g/mol. The van der Waals surface area contributed by atoms with Gasteiger partial charge in [0, 0.05) is 22.1 Å². The molecule has 1 spiro atoms. The molecule has 14 rings (SSSR count). The van der Waals surface area contributed by atoms with Crippen LogP contribution in [0.1, 0.15) is 43.2 Å². The quantitative estimate of drug-likeness (QED) is 0.168. The van der Waals surface area contributed by atoms with Gasteiger partial charge in [-0.15, -0.1) is 0 Å². The van der Waals surface area contributed by atoms with Gasteiger partial charge in [-0.25, -0.2) is 9.97 Å². The van der Waals surface area contributed by atoms with Crippen molar-refractivity contribution in [2.45, 2.75) is 37.5 Å². The average Bonchev–Trinajstić information content (AvgIpc) is 3.62. The third-order valence-electron chi connectivity index (χ3n) is 15.2. The fraction of sp³-hybridized carbons (Fsp3) is 0.167. The van der Waals surface area contributed by atoms with Crippen LogP contribution in [0, 0.1) is 23.7 Å². The number of rotatable bonds is 6. The molecule has 62 heavy (non-hydrogen) atoms. The Morgan fingerprint density at radius 1 is 0.339 bits per heavy atom. The number of hydrogen-bond donors (Lipinski definition) is 0. The third-order valence-corrected chi connectivity index (χ3v) is 15.2. The number of benzene rings is 8. The van der Waals surface area contributed by atoms with E-state index in [0.717, 1.165) is 57.6 Å². The number of aromatic nitrogens is 2. The molecule has 5 aliphatic carbocycles. The lowest BCUT2D eigenvalue weighted by Gasteiger charge is -2.61. The minimum Gasteiger partial charge on any atom is -0.228 e. The summed E-state index contributed by atoms with van der Waals surface area (Å²) in [5.41, 5.74) is 18.6. The van der Waals surface area contributed by atoms with Crippen LogP contribution in [0.15, 0.2) is 194 Å². The maximum Gasteiger partial charge on any atom is 0.160 e. The van der Waals surface area contributed by atoms with Gasteiger partial charge in [0.25, 0.3) is 0 Å². The fourth-order valence-corrected chi connectivity index (χ4v) is 12.8. The Hall–Kier alpha value is -6.90. The van der Waals surface area contributed by atoms with E-state index >= 15 is 0 Å². The molecular weight excluding hydrogens is 749 g/mol. The third kappa shape index (κ3) is 5.62. The van der Waals surface area contributed by atoms with E-state index in [1.54, 1.807) is 11.1 Å². The van der Waals surface area contributed by atoms with Gasteiger partial charge in [0.2, 0.25) is 0 Å². The summed E-state index contributed by atoms with van der Waals surface area (Å²) >= 11 is 0. The minimum atomic E-state index is 0.113. The Morgan fingerprint density at radius 2 is 0.823 bits per heavy atom. The molecule has 2 nitrogen and oxygen atoms in total. The zero-order chi connectivity index (χ0) is 40.8. The van der Waals surface area contributed by atoms with Gasteiger partial charge in [-0.3, -0.25) is 0 Å². The second kappa shape index (κ2) is 14.1. The van der Waals surface area contributed by atoms with E-state index < -0.39 is 0 Å². The number of nitrogens with zero attached hydrogens (tertiary/aromatic N) is 2. The molecule has 4 bridgehead atoms. The molecule has 5 aliphatic rings. The zero-order valence-electron chi connectivity index (χ0n) is 34.7. The normalized spacial score (nSPS) is 21.6. The van der Waals surface area contributed by atoms with Crippen molar-refractivity contribution in [3.8, 4) is 78.4 Å². The van der Waals surface area contributed by atoms with Gasteiger partial charge in [-0.1, -0.05) is 158 Å². The standard InChI is InChI=1S/C60H46N2/c1-3-13-40(14-4-1)42-19-10-23-48(33-42)56-37-57(62-59(61-56)41-15-5-2-6-16-41)49-24-11-21-44(34-49)43-20-9-22-47(32-43)52-25-12-26-54-58(52)53-35-45-17-7-8-18-46(45)36-55(53)60(54)50-28-38-27-39(30-50)31-51(60)29-38/h1-26,32-39,50-51H,27-31H2. The van der Waals surface area contributed by atoms with Crippen LogP contribution >= 0.6 is 0 Å². The highest BCUT2D eigenvalue weighted by Crippen LogP contribution is 2.70. The summed E-state index contributed by atoms with van der Waals surface area (Å²) in [5, 5.41) is 2.72. The number of hydrogen-bond acceptors (Lipinski definition) is 2. The van der Waals surface area contributed by atoms with Crippen molar-refractivity contribution < 1.29 is 0 Å². The first-order valence-electron chi connectivity index (χ1n) is 22.6. The molecule has 0 atom stereocenters. The largest absolute Gasteiger partial charge is 0.228 e. The molecule has 9 aromatic rings. The summed E-state index contributed by atoms with van der Waals surface area (Å²) in [4.78, 5) is 10.4. The van der Waals surface area contributed by atoms with Gasteiger partial charge in [0.1, 0.15) is 0 Å². The van der Waals surface area contributed by atoms with E-state index in [1.165, 1.54) is 87.4 Å². The maximum atomic E-state index is 5.22. The summed E-state index contributed by atoms with van der Waals surface area (Å²) < 4.78 is 0. The molecule has 0 saturated heterocycles. The van der Waals surface area contributed by atoms with Crippen LogP contribution in [0.3, 0.4) is 0 Å². The van der Waals surface area contributed by atoms with E-state index in [4.69, 9.17) is 9.97 Å². The van der Waals surface area contributed by atoms with Crippen LogP contribution in [0.5, 0.6) is 0 Å². The Bertz CT molecular complexity index is 3170. The van der Waals surface area contributed by atoms with Gasteiger partial charge < -0.3 is 0 Å². The van der Waals surface area contributed by atoms with Crippen LogP contribution in [0.2, 0.25) is 0 Å². The highest BCUT2D eigenvalue weighted by molar-refractivity contribution is 5.99. The first-order chi connectivity index (χ1) is 30.7. The van der Waals surface area contributed by atoms with Crippen LogP contribution < -0.4 is 0 Å². The van der Waals surface area contributed by atoms with Gasteiger partial charge >= 0.3 is 0 Å². The van der Waals surface area contributed by atoms with E-state index in [-0.39, 0.29) is 5.41 Å². The van der Waals surface area contributed by atoms with Crippen molar-refractivity contribution >= 4 is 10.8 Å². The first kappa shape index (κ1) is 35.8. The van der Waals surface area contributed by atoms with Crippen molar-refractivity contribution in [3.05, 3.63) is 205 Å². The van der Waals surface area contributed by atoms with Crippen molar-refractivity contribution in [2.75, 3.05) is 0 Å². The van der Waals surface area contributed by atoms with E-state index in [1.807, 2.05) is 6.07 Å². The summed E-state index contributed by atoms with van der Waals surface area (Å²) in [6.07, 6.45) is 7.00. The van der Waals surface area contributed by atoms with E-state index in [2.05, 4.69) is 188 Å². The predicted octanol–water partition coefficient (Wildman–Crippen LogP) is 15.4. The smallest absolute Gasteiger partial charge is 0.160 e. The second-order valence-corrected chi connectivity index (χ2v) is 18.6. The van der Waals surface area contributed by atoms with Crippen LogP contribution in [-0.2, 0) is 5.41 Å². The maximum absolute atomic E-state index is 5.22. The topological polar surface area (TPSA) is 25.8 Å². The predicted molar refractivity (Wildman–Crippen MR) is 255 cm³/mol. The van der Waals surface area contributed by atoms with Gasteiger partial charge in [0.05, 0.1) is 11.4 Å². The van der Waals surface area contributed by atoms with Crippen molar-refractivity contribution in [2.24, 2.45) is 23.7 Å². The highest BCUT2D eigenvalue weighted by atomic mass is 14.9. The Labute approximate surface area is 364 Å². The molecule has 0 amide bonds. The molecule has 8 aromatic carbocycles. The Morgan fingerprint density at radius 3 is 1.45 bits per heavy atom. The summed E-state index contributed by atoms with van der Waals surface area (Å²) in [5.74, 6) is 4.00. The molecule has 0 N–H and O–H groups in total. The molecule has 0 aliphatic heterocycles. The van der Waals surface area contributed by atoms with Gasteiger partial charge in [0.15, 0.2) is 5.82 Å². The minimum absolute atomic E-state index is 0.113. The van der Waals surface area contributed by atoms with Crippen LogP contribution in [0.25, 0.3) is 89.2 Å². The van der Waals surface area contributed by atoms with Gasteiger partial charge in [-0.2, -0.15) is 0 Å². The Kier molecular flexibility index (Phi) is 8.13. The van der Waals surface area contributed by atoms with Crippen molar-refractivity contribution in [3.63, 3.8) is 0 Å². The fourth-order valence-electron chi connectivity index (χ4n) is 12.8. The molecule has 0 radical (unpaired) electrons. The van der Waals surface area contributed by atoms with Crippen molar-refractivity contribution in [1.29, 1.82) is 0 Å². The van der Waals surface area contributed by atoms with Gasteiger partial charge in [-0.05, 0) is 159 Å². The zero-order valence-corrected chi connectivity index (χ0v) is 34.7. The summed E-state index contributed by atoms with van der Waals surface area (Å²) in [6.45, 7) is 0. The Balaban J connectivity index is 0.923. The van der Waals surface area contributed by atoms with Crippen LogP contribution in [-0.4, -0.2) is 9.97 Å². The lowest BCUT2D eigenvalue weighted by atomic mass is 9.43. The lowest BCUT2D eigenvalue weighted by Crippen LogP contribution is -2.55. The van der Waals surface area contributed by atoms with E-state index in [0.29, 0.717) is 0 Å². The second-order valence-electron chi connectivity index (χ2n) is 18.6.